The lowest BCUT2D eigenvalue weighted by atomic mass is 10.00. The van der Waals surface area contributed by atoms with Crippen LogP contribution in [0.25, 0.3) is 6.08 Å². The molecule has 1 unspecified atom stereocenters. The topological polar surface area (TPSA) is 120 Å². The molecule has 2 aromatic carbocycles. The van der Waals surface area contributed by atoms with Gasteiger partial charge < -0.3 is 9.73 Å². The Labute approximate surface area is 214 Å². The van der Waals surface area contributed by atoms with Crippen molar-refractivity contribution < 1.29 is 14.1 Å². The molecule has 1 amide bonds. The highest BCUT2D eigenvalue weighted by Gasteiger charge is 2.34. The van der Waals surface area contributed by atoms with Crippen molar-refractivity contribution in [3.05, 3.63) is 124 Å². The molecule has 0 fully saturated rings. The molecule has 1 N–H and O–H groups in total. The highest BCUT2D eigenvalue weighted by atomic mass is 32.1. The van der Waals surface area contributed by atoms with E-state index < -0.39 is 11.0 Å². The lowest BCUT2D eigenvalue weighted by Crippen LogP contribution is -2.40. The van der Waals surface area contributed by atoms with Crippen LogP contribution in [0.1, 0.15) is 35.6 Å². The molecule has 0 bridgehead atoms. The van der Waals surface area contributed by atoms with Crippen LogP contribution < -0.4 is 20.2 Å². The Bertz CT molecular complexity index is 1760. The van der Waals surface area contributed by atoms with E-state index in [4.69, 9.17) is 4.42 Å². The molecule has 186 valence electrons. The Morgan fingerprint density at radius 2 is 1.84 bits per heavy atom. The van der Waals surface area contributed by atoms with E-state index in [9.17, 15) is 19.7 Å². The molecule has 9 nitrogen and oxygen atoms in total. The Balaban J connectivity index is 1.63. The van der Waals surface area contributed by atoms with Crippen molar-refractivity contribution in [2.75, 3.05) is 5.32 Å². The first-order valence-corrected chi connectivity index (χ1v) is 12.2. The van der Waals surface area contributed by atoms with Gasteiger partial charge in [-0.3, -0.25) is 24.3 Å². The number of rotatable bonds is 5. The Morgan fingerprint density at radius 3 is 2.49 bits per heavy atom. The van der Waals surface area contributed by atoms with Crippen LogP contribution >= 0.6 is 11.3 Å². The van der Waals surface area contributed by atoms with Crippen LogP contribution in [0.4, 0.5) is 11.4 Å². The Morgan fingerprint density at radius 1 is 1.11 bits per heavy atom. The zero-order chi connectivity index (χ0) is 26.3. The summed E-state index contributed by atoms with van der Waals surface area (Å²) in [7, 11) is 0. The summed E-state index contributed by atoms with van der Waals surface area (Å²) in [5, 5.41) is 13.9. The summed E-state index contributed by atoms with van der Waals surface area (Å²) in [4.78, 5) is 42.8. The van der Waals surface area contributed by atoms with E-state index in [1.165, 1.54) is 28.0 Å². The van der Waals surface area contributed by atoms with Gasteiger partial charge in [-0.15, -0.1) is 0 Å². The van der Waals surface area contributed by atoms with Crippen LogP contribution in [0, 0.1) is 24.0 Å². The number of fused-ring (bicyclic) bond motifs is 1. The lowest BCUT2D eigenvalue weighted by Gasteiger charge is -2.23. The number of furan rings is 1. The van der Waals surface area contributed by atoms with E-state index in [1.54, 1.807) is 44.2 Å². The summed E-state index contributed by atoms with van der Waals surface area (Å²) in [5.74, 6) is 0.722. The molecule has 3 heterocycles. The van der Waals surface area contributed by atoms with Gasteiger partial charge in [-0.2, -0.15) is 0 Å². The van der Waals surface area contributed by atoms with E-state index in [0.717, 1.165) is 5.56 Å². The summed E-state index contributed by atoms with van der Waals surface area (Å²) in [6.07, 6.45) is 1.66. The van der Waals surface area contributed by atoms with Gasteiger partial charge in [0.25, 0.3) is 17.2 Å². The van der Waals surface area contributed by atoms with Crippen molar-refractivity contribution in [1.82, 2.24) is 4.57 Å². The number of aryl methyl sites for hydroxylation is 2. The van der Waals surface area contributed by atoms with Crippen LogP contribution in [0.5, 0.6) is 0 Å². The summed E-state index contributed by atoms with van der Waals surface area (Å²) >= 11 is 1.18. The second-order valence-electron chi connectivity index (χ2n) is 8.65. The number of thiazole rings is 1. The first kappa shape index (κ1) is 24.1. The minimum Gasteiger partial charge on any atom is -0.464 e. The van der Waals surface area contributed by atoms with Gasteiger partial charge in [0.05, 0.1) is 20.7 Å². The molecule has 0 spiro atoms. The highest BCUT2D eigenvalue weighted by molar-refractivity contribution is 7.07. The SMILES string of the molecule is CC1=C(C(=O)Nc2ccccc2C)C(c2ccc(C)o2)n2c(sc(=Cc3ccc([N+](=O)[O-])cc3)c2=O)=N1. The summed E-state index contributed by atoms with van der Waals surface area (Å²) in [6.45, 7) is 5.44. The number of carbonyl (C=O) groups is 1. The van der Waals surface area contributed by atoms with E-state index in [1.807, 2.05) is 31.2 Å². The molecule has 5 rings (SSSR count). The van der Waals surface area contributed by atoms with Gasteiger partial charge in [-0.05, 0) is 68.3 Å². The molecule has 1 atom stereocenters. The quantitative estimate of drug-likeness (QED) is 0.319. The van der Waals surface area contributed by atoms with E-state index in [0.29, 0.717) is 43.4 Å². The van der Waals surface area contributed by atoms with Gasteiger partial charge in [0.15, 0.2) is 4.80 Å². The normalized spacial score (nSPS) is 15.3. The third kappa shape index (κ3) is 4.54. The number of aromatic nitrogens is 1. The average Bonchev–Trinajstić information content (AvgIpc) is 3.42. The standard InChI is InChI=1S/C27H22N4O5S/c1-15-6-4-5-7-20(15)29-25(32)23-17(3)28-27-30(24(23)21-13-8-16(2)36-21)26(33)22(37-27)14-18-9-11-19(12-10-18)31(34)35/h4-14,24H,1-3H3,(H,29,32). The van der Waals surface area contributed by atoms with Crippen LogP contribution in [0.2, 0.25) is 0 Å². The average molecular weight is 515 g/mol. The third-order valence-electron chi connectivity index (χ3n) is 6.09. The van der Waals surface area contributed by atoms with Gasteiger partial charge in [0.1, 0.15) is 17.6 Å². The molecule has 4 aromatic rings. The molecule has 0 saturated heterocycles. The second-order valence-corrected chi connectivity index (χ2v) is 9.66. The molecule has 2 aromatic heterocycles. The Hall–Kier alpha value is -4.57. The number of non-ortho nitro benzene ring substituents is 1. The smallest absolute Gasteiger partial charge is 0.271 e. The molecule has 0 aliphatic carbocycles. The minimum atomic E-state index is -0.812. The van der Waals surface area contributed by atoms with Crippen LogP contribution in [-0.4, -0.2) is 15.4 Å². The molecule has 1 aliphatic heterocycles. The van der Waals surface area contributed by atoms with Crippen molar-refractivity contribution in [3.8, 4) is 0 Å². The number of nitro benzene ring substituents is 1. The molecule has 0 radical (unpaired) electrons. The number of benzene rings is 2. The summed E-state index contributed by atoms with van der Waals surface area (Å²) in [5.41, 5.74) is 2.62. The minimum absolute atomic E-state index is 0.0354. The number of nitrogens with zero attached hydrogens (tertiary/aromatic N) is 3. The zero-order valence-corrected chi connectivity index (χ0v) is 21.0. The fraction of sp³-hybridized carbons (Fsp3) is 0.148. The van der Waals surface area contributed by atoms with Crippen molar-refractivity contribution in [1.29, 1.82) is 0 Å². The second kappa shape index (κ2) is 9.47. The highest BCUT2D eigenvalue weighted by Crippen LogP contribution is 2.32. The first-order valence-electron chi connectivity index (χ1n) is 11.4. The van der Waals surface area contributed by atoms with Crippen molar-refractivity contribution in [2.45, 2.75) is 26.8 Å². The zero-order valence-electron chi connectivity index (χ0n) is 20.2. The van der Waals surface area contributed by atoms with E-state index in [2.05, 4.69) is 10.3 Å². The lowest BCUT2D eigenvalue weighted by molar-refractivity contribution is -0.384. The van der Waals surface area contributed by atoms with Crippen molar-refractivity contribution >= 4 is 34.7 Å². The van der Waals surface area contributed by atoms with Gasteiger partial charge in [-0.1, -0.05) is 29.5 Å². The number of nitro groups is 1. The molecule has 0 saturated carbocycles. The number of carbonyl (C=O) groups excluding carboxylic acids is 1. The van der Waals surface area contributed by atoms with Crippen LogP contribution in [-0.2, 0) is 4.79 Å². The number of hydrogen-bond donors (Lipinski definition) is 1. The van der Waals surface area contributed by atoms with Gasteiger partial charge in [-0.25, -0.2) is 4.99 Å². The number of para-hydroxylation sites is 1. The maximum Gasteiger partial charge on any atom is 0.271 e. The Kier molecular flexibility index (Phi) is 6.18. The predicted octanol–water partition coefficient (Wildman–Crippen LogP) is 3.99. The van der Waals surface area contributed by atoms with Gasteiger partial charge in [0.2, 0.25) is 0 Å². The maximum absolute atomic E-state index is 13.6. The summed E-state index contributed by atoms with van der Waals surface area (Å²) < 4.78 is 7.77. The van der Waals surface area contributed by atoms with Crippen LogP contribution in [0.3, 0.4) is 0 Å². The number of hydrogen-bond acceptors (Lipinski definition) is 7. The molecule has 10 heteroatoms. The van der Waals surface area contributed by atoms with Crippen molar-refractivity contribution in [3.63, 3.8) is 0 Å². The number of nitrogens with one attached hydrogen (secondary N) is 1. The molecule has 1 aliphatic rings. The monoisotopic (exact) mass is 514 g/mol. The summed E-state index contributed by atoms with van der Waals surface area (Å²) in [6, 6.07) is 16.1. The number of amides is 1. The molecule has 37 heavy (non-hydrogen) atoms. The van der Waals surface area contributed by atoms with Gasteiger partial charge >= 0.3 is 0 Å². The largest absolute Gasteiger partial charge is 0.464 e. The predicted molar refractivity (Wildman–Crippen MR) is 140 cm³/mol. The van der Waals surface area contributed by atoms with E-state index >= 15 is 0 Å². The third-order valence-corrected chi connectivity index (χ3v) is 7.07. The molecular weight excluding hydrogens is 492 g/mol. The maximum atomic E-state index is 13.6. The van der Waals surface area contributed by atoms with Gasteiger partial charge in [0, 0.05) is 17.8 Å². The van der Waals surface area contributed by atoms with E-state index in [-0.39, 0.29) is 17.2 Å². The number of anilines is 1. The van der Waals surface area contributed by atoms with Crippen LogP contribution in [0.15, 0.2) is 86.1 Å². The molecular formula is C27H22N4O5S. The number of allylic oxidation sites excluding steroid dienone is 1. The van der Waals surface area contributed by atoms with Crippen molar-refractivity contribution in [2.24, 2.45) is 4.99 Å². The first-order chi connectivity index (χ1) is 17.7. The fourth-order valence-electron chi connectivity index (χ4n) is 4.23. The fourth-order valence-corrected chi connectivity index (χ4v) is 5.27.